The molecule has 1 fully saturated rings. The Morgan fingerprint density at radius 2 is 1.95 bits per heavy atom. The zero-order valence-electron chi connectivity index (χ0n) is 13.8. The minimum absolute atomic E-state index is 0.174. The zero-order valence-corrected chi connectivity index (χ0v) is 13.8. The van der Waals surface area contributed by atoms with E-state index in [-0.39, 0.29) is 5.54 Å². The van der Waals surface area contributed by atoms with E-state index >= 15 is 0 Å². The molecule has 2 rings (SSSR count). The van der Waals surface area contributed by atoms with Gasteiger partial charge in [0.05, 0.1) is 0 Å². The quantitative estimate of drug-likeness (QED) is 0.833. The first kappa shape index (κ1) is 15.4. The number of nitrogens with one attached hydrogen (secondary N) is 1. The van der Waals surface area contributed by atoms with Crippen LogP contribution in [0.2, 0.25) is 0 Å². The van der Waals surface area contributed by atoms with Crippen molar-refractivity contribution in [1.82, 2.24) is 5.32 Å². The largest absolute Gasteiger partial charge is 0.369 e. The molecule has 2 nitrogen and oxygen atoms in total. The molecular formula is C18H30N2. The van der Waals surface area contributed by atoms with Crippen LogP contribution in [-0.4, -0.2) is 18.1 Å². The van der Waals surface area contributed by atoms with Crippen LogP contribution in [0.15, 0.2) is 18.2 Å². The van der Waals surface area contributed by atoms with Gasteiger partial charge in [0.15, 0.2) is 0 Å². The Morgan fingerprint density at radius 1 is 1.25 bits per heavy atom. The number of rotatable bonds is 6. The summed E-state index contributed by atoms with van der Waals surface area (Å²) in [6.07, 6.45) is 3.96. The Bertz CT molecular complexity index is 441. The lowest BCUT2D eigenvalue weighted by atomic mass is 10.0. The molecule has 1 aliphatic carbocycles. The maximum atomic E-state index is 3.57. The first-order valence-electron chi connectivity index (χ1n) is 8.02. The molecule has 1 saturated carbocycles. The van der Waals surface area contributed by atoms with E-state index in [2.05, 4.69) is 63.0 Å². The molecule has 0 aromatic heterocycles. The Balaban J connectivity index is 2.08. The summed E-state index contributed by atoms with van der Waals surface area (Å²) in [6.45, 7) is 13.3. The SMILES string of the molecule is CCCN(c1ccc(CNC(C)(C)C)c(C)c1)C1CC1. The third-order valence-electron chi connectivity index (χ3n) is 3.92. The summed E-state index contributed by atoms with van der Waals surface area (Å²) in [5, 5.41) is 3.57. The molecule has 0 unspecified atom stereocenters. The van der Waals surface area contributed by atoms with Gasteiger partial charge < -0.3 is 10.2 Å². The minimum Gasteiger partial charge on any atom is -0.369 e. The fraction of sp³-hybridized carbons (Fsp3) is 0.667. The van der Waals surface area contributed by atoms with Gasteiger partial charge in [-0.25, -0.2) is 0 Å². The van der Waals surface area contributed by atoms with Gasteiger partial charge in [0.25, 0.3) is 0 Å². The predicted octanol–water partition coefficient (Wildman–Crippen LogP) is 4.26. The van der Waals surface area contributed by atoms with E-state index in [0.29, 0.717) is 0 Å². The van der Waals surface area contributed by atoms with Crippen molar-refractivity contribution in [2.45, 2.75) is 72.0 Å². The molecule has 2 heteroatoms. The van der Waals surface area contributed by atoms with E-state index in [9.17, 15) is 0 Å². The van der Waals surface area contributed by atoms with Crippen molar-refractivity contribution in [3.63, 3.8) is 0 Å². The lowest BCUT2D eigenvalue weighted by Crippen LogP contribution is -2.35. The van der Waals surface area contributed by atoms with Crippen LogP contribution in [0.5, 0.6) is 0 Å². The van der Waals surface area contributed by atoms with E-state index in [1.807, 2.05) is 0 Å². The molecule has 1 N–H and O–H groups in total. The number of nitrogens with zero attached hydrogens (tertiary/aromatic N) is 1. The van der Waals surface area contributed by atoms with Crippen LogP contribution in [0.25, 0.3) is 0 Å². The molecular weight excluding hydrogens is 244 g/mol. The summed E-state index contributed by atoms with van der Waals surface area (Å²) in [6, 6.07) is 7.77. The normalized spacial score (nSPS) is 15.4. The minimum atomic E-state index is 0.174. The first-order chi connectivity index (χ1) is 9.40. The molecule has 0 amide bonds. The van der Waals surface area contributed by atoms with Crippen molar-refractivity contribution >= 4 is 5.69 Å². The van der Waals surface area contributed by atoms with Crippen LogP contribution in [0.4, 0.5) is 5.69 Å². The van der Waals surface area contributed by atoms with E-state index in [0.717, 1.165) is 12.6 Å². The summed E-state index contributed by atoms with van der Waals surface area (Å²) in [5.41, 5.74) is 4.40. The Labute approximate surface area is 124 Å². The highest BCUT2D eigenvalue weighted by atomic mass is 15.2. The van der Waals surface area contributed by atoms with E-state index < -0.39 is 0 Å². The smallest absolute Gasteiger partial charge is 0.0371 e. The zero-order chi connectivity index (χ0) is 14.8. The van der Waals surface area contributed by atoms with Crippen molar-refractivity contribution in [2.75, 3.05) is 11.4 Å². The summed E-state index contributed by atoms with van der Waals surface area (Å²) in [4.78, 5) is 2.59. The lowest BCUT2D eigenvalue weighted by molar-refractivity contribution is 0.424. The van der Waals surface area contributed by atoms with Gasteiger partial charge >= 0.3 is 0 Å². The van der Waals surface area contributed by atoms with Crippen LogP contribution in [0, 0.1) is 6.92 Å². The van der Waals surface area contributed by atoms with Crippen molar-refractivity contribution in [3.05, 3.63) is 29.3 Å². The van der Waals surface area contributed by atoms with Crippen molar-refractivity contribution in [2.24, 2.45) is 0 Å². The second kappa shape index (κ2) is 6.17. The highest BCUT2D eigenvalue weighted by molar-refractivity contribution is 5.52. The highest BCUT2D eigenvalue weighted by Crippen LogP contribution is 2.32. The van der Waals surface area contributed by atoms with Gasteiger partial charge in [-0.15, -0.1) is 0 Å². The van der Waals surface area contributed by atoms with Gasteiger partial charge in [-0.2, -0.15) is 0 Å². The molecule has 0 bridgehead atoms. The van der Waals surface area contributed by atoms with Gasteiger partial charge in [0, 0.05) is 30.4 Å². The lowest BCUT2D eigenvalue weighted by Gasteiger charge is -2.26. The molecule has 0 heterocycles. The van der Waals surface area contributed by atoms with Gasteiger partial charge in [0.2, 0.25) is 0 Å². The Kier molecular flexibility index (Phi) is 4.74. The second-order valence-electron chi connectivity index (χ2n) is 7.14. The Hall–Kier alpha value is -1.02. The maximum Gasteiger partial charge on any atom is 0.0371 e. The molecule has 112 valence electrons. The average Bonchev–Trinajstić information content (AvgIpc) is 3.17. The summed E-state index contributed by atoms with van der Waals surface area (Å²) < 4.78 is 0. The van der Waals surface area contributed by atoms with Crippen LogP contribution in [0.1, 0.15) is 58.1 Å². The van der Waals surface area contributed by atoms with Crippen LogP contribution in [-0.2, 0) is 6.54 Å². The summed E-state index contributed by atoms with van der Waals surface area (Å²) in [7, 11) is 0. The third-order valence-corrected chi connectivity index (χ3v) is 3.92. The molecule has 1 aliphatic rings. The number of benzene rings is 1. The van der Waals surface area contributed by atoms with Gasteiger partial charge in [-0.1, -0.05) is 13.0 Å². The molecule has 0 saturated heterocycles. The topological polar surface area (TPSA) is 15.3 Å². The highest BCUT2D eigenvalue weighted by Gasteiger charge is 2.28. The summed E-state index contributed by atoms with van der Waals surface area (Å²) >= 11 is 0. The van der Waals surface area contributed by atoms with Gasteiger partial charge in [0.1, 0.15) is 0 Å². The second-order valence-corrected chi connectivity index (χ2v) is 7.14. The van der Waals surface area contributed by atoms with Crippen molar-refractivity contribution in [1.29, 1.82) is 0 Å². The van der Waals surface area contributed by atoms with E-state index in [4.69, 9.17) is 0 Å². The molecule has 0 spiro atoms. The van der Waals surface area contributed by atoms with Crippen molar-refractivity contribution in [3.8, 4) is 0 Å². The predicted molar refractivity (Wildman–Crippen MR) is 88.4 cm³/mol. The first-order valence-corrected chi connectivity index (χ1v) is 8.02. The van der Waals surface area contributed by atoms with Crippen LogP contribution < -0.4 is 10.2 Å². The number of hydrogen-bond acceptors (Lipinski definition) is 2. The molecule has 20 heavy (non-hydrogen) atoms. The molecule has 1 aromatic carbocycles. The molecule has 0 radical (unpaired) electrons. The van der Waals surface area contributed by atoms with Crippen molar-refractivity contribution < 1.29 is 0 Å². The fourth-order valence-electron chi connectivity index (χ4n) is 2.57. The third kappa shape index (κ3) is 4.24. The fourth-order valence-corrected chi connectivity index (χ4v) is 2.57. The standard InChI is InChI=1S/C18H30N2/c1-6-11-20(16-9-10-16)17-8-7-15(14(2)12-17)13-19-18(3,4)5/h7-8,12,16,19H,6,9-11,13H2,1-5H3. The van der Waals surface area contributed by atoms with Crippen LogP contribution in [0.3, 0.4) is 0 Å². The molecule has 0 aliphatic heterocycles. The molecule has 0 atom stereocenters. The van der Waals surface area contributed by atoms with E-state index in [1.165, 1.54) is 42.6 Å². The average molecular weight is 274 g/mol. The number of anilines is 1. The Morgan fingerprint density at radius 3 is 2.45 bits per heavy atom. The van der Waals surface area contributed by atoms with Crippen LogP contribution >= 0.6 is 0 Å². The van der Waals surface area contributed by atoms with Gasteiger partial charge in [-0.3, -0.25) is 0 Å². The number of aryl methyl sites for hydroxylation is 1. The number of hydrogen-bond donors (Lipinski definition) is 1. The molecule has 1 aromatic rings. The monoisotopic (exact) mass is 274 g/mol. The summed E-state index contributed by atoms with van der Waals surface area (Å²) in [5.74, 6) is 0. The maximum absolute atomic E-state index is 3.57. The van der Waals surface area contributed by atoms with E-state index in [1.54, 1.807) is 0 Å². The van der Waals surface area contributed by atoms with Gasteiger partial charge in [-0.05, 0) is 70.2 Å².